The molecule has 0 heterocycles. The van der Waals surface area contributed by atoms with Gasteiger partial charge >= 0.3 is 0 Å². The van der Waals surface area contributed by atoms with Gasteiger partial charge < -0.3 is 21.7 Å². The molecule has 1 atom stereocenters. The van der Waals surface area contributed by atoms with Gasteiger partial charge in [-0.1, -0.05) is 72.8 Å². The molecule has 0 saturated carbocycles. The van der Waals surface area contributed by atoms with Gasteiger partial charge in [-0.3, -0.25) is 14.4 Å². The summed E-state index contributed by atoms with van der Waals surface area (Å²) >= 11 is 0. The van der Waals surface area contributed by atoms with Crippen LogP contribution in [0.1, 0.15) is 61.5 Å². The Balaban J connectivity index is 1.63. The van der Waals surface area contributed by atoms with E-state index in [2.05, 4.69) is 28.1 Å². The minimum absolute atomic E-state index is 0.109. The fourth-order valence-electron chi connectivity index (χ4n) is 4.39. The second kappa shape index (κ2) is 14.3. The Bertz CT molecular complexity index is 1230. The van der Waals surface area contributed by atoms with Crippen molar-refractivity contribution in [2.24, 2.45) is 5.73 Å². The molecule has 3 aromatic carbocycles. The van der Waals surface area contributed by atoms with Crippen molar-refractivity contribution in [1.82, 2.24) is 16.0 Å². The normalized spacial score (nSPS) is 11.9. The summed E-state index contributed by atoms with van der Waals surface area (Å²) in [7, 11) is 0. The van der Waals surface area contributed by atoms with Crippen LogP contribution in [0.25, 0.3) is 11.1 Å². The Labute approximate surface area is 231 Å². The Morgan fingerprint density at radius 2 is 1.51 bits per heavy atom. The van der Waals surface area contributed by atoms with E-state index in [0.717, 1.165) is 29.5 Å². The van der Waals surface area contributed by atoms with Gasteiger partial charge in [0, 0.05) is 30.6 Å². The van der Waals surface area contributed by atoms with Crippen LogP contribution in [0.15, 0.2) is 78.9 Å². The molecule has 0 fully saturated rings. The first-order valence-corrected chi connectivity index (χ1v) is 13.5. The molecule has 7 heteroatoms. The maximum atomic E-state index is 13.1. The molecule has 0 aliphatic carbocycles. The third-order valence-electron chi connectivity index (χ3n) is 6.31. The molecule has 0 saturated heterocycles. The molecule has 0 aliphatic rings. The minimum Gasteiger partial charge on any atom is -0.352 e. The van der Waals surface area contributed by atoms with Crippen LogP contribution in [0, 0.1) is 0 Å². The van der Waals surface area contributed by atoms with Gasteiger partial charge in [0.2, 0.25) is 11.8 Å². The molecule has 3 rings (SSSR count). The van der Waals surface area contributed by atoms with Crippen LogP contribution < -0.4 is 21.7 Å². The van der Waals surface area contributed by atoms with Crippen molar-refractivity contribution < 1.29 is 14.4 Å². The predicted molar refractivity (Wildman–Crippen MR) is 156 cm³/mol. The maximum absolute atomic E-state index is 13.1. The standard InChI is InChI=1S/C32H40N4O3/c1-4-34-30(38)27-15-9-8-14-26(27)25-19-17-24(18-20-25)22-35-31(39)28(36-29(37)21-32(2,3)33)16-10-13-23-11-6-5-7-12-23/h5-9,11-12,14-15,17-20,28H,4,10,13,16,21-22,33H2,1-3H3,(H,34,38)(H,35,39)(H,36,37)/t28-/m1/s1. The van der Waals surface area contributed by atoms with Crippen LogP contribution in [0.5, 0.6) is 0 Å². The molecular formula is C32H40N4O3. The van der Waals surface area contributed by atoms with E-state index in [0.29, 0.717) is 25.1 Å². The van der Waals surface area contributed by atoms with Gasteiger partial charge in [0.1, 0.15) is 6.04 Å². The molecule has 206 valence electrons. The van der Waals surface area contributed by atoms with E-state index in [-0.39, 0.29) is 24.1 Å². The number of aryl methyl sites for hydroxylation is 1. The van der Waals surface area contributed by atoms with E-state index in [1.54, 1.807) is 13.8 Å². The van der Waals surface area contributed by atoms with Gasteiger partial charge in [0.05, 0.1) is 0 Å². The predicted octanol–water partition coefficient (Wildman–Crippen LogP) is 4.35. The Hall–Kier alpha value is -3.97. The molecular weight excluding hydrogens is 488 g/mol. The lowest BCUT2D eigenvalue weighted by atomic mass is 9.98. The van der Waals surface area contributed by atoms with E-state index in [1.807, 2.05) is 73.7 Å². The topological polar surface area (TPSA) is 113 Å². The van der Waals surface area contributed by atoms with E-state index in [9.17, 15) is 14.4 Å². The second-order valence-corrected chi connectivity index (χ2v) is 10.5. The van der Waals surface area contributed by atoms with Crippen LogP contribution >= 0.6 is 0 Å². The minimum atomic E-state index is -0.660. The number of carbonyl (C=O) groups is 3. The monoisotopic (exact) mass is 528 g/mol. The largest absolute Gasteiger partial charge is 0.352 e. The van der Waals surface area contributed by atoms with Crippen LogP contribution in [0.3, 0.4) is 0 Å². The zero-order valence-corrected chi connectivity index (χ0v) is 23.1. The molecule has 0 aliphatic heterocycles. The molecule has 0 radical (unpaired) electrons. The average molecular weight is 529 g/mol. The lowest BCUT2D eigenvalue weighted by Crippen LogP contribution is -2.49. The highest BCUT2D eigenvalue weighted by atomic mass is 16.2. The molecule has 3 aromatic rings. The van der Waals surface area contributed by atoms with Crippen LogP contribution in [-0.4, -0.2) is 35.8 Å². The number of hydrogen-bond donors (Lipinski definition) is 4. The first-order chi connectivity index (χ1) is 18.7. The molecule has 0 aromatic heterocycles. The number of nitrogens with one attached hydrogen (secondary N) is 3. The van der Waals surface area contributed by atoms with Gasteiger partial charge in [-0.15, -0.1) is 0 Å². The van der Waals surface area contributed by atoms with Crippen LogP contribution in [0.4, 0.5) is 0 Å². The highest BCUT2D eigenvalue weighted by Gasteiger charge is 2.23. The summed E-state index contributed by atoms with van der Waals surface area (Å²) < 4.78 is 0. The first kappa shape index (κ1) is 29.6. The Kier molecular flexibility index (Phi) is 10.8. The Morgan fingerprint density at radius 1 is 0.846 bits per heavy atom. The molecule has 0 spiro atoms. The van der Waals surface area contributed by atoms with Crippen molar-refractivity contribution in [2.75, 3.05) is 6.54 Å². The van der Waals surface area contributed by atoms with Gasteiger partial charge in [-0.25, -0.2) is 0 Å². The number of benzene rings is 3. The first-order valence-electron chi connectivity index (χ1n) is 13.5. The van der Waals surface area contributed by atoms with E-state index in [1.165, 1.54) is 5.56 Å². The van der Waals surface area contributed by atoms with Crippen molar-refractivity contribution >= 4 is 17.7 Å². The number of nitrogens with two attached hydrogens (primary N) is 1. The van der Waals surface area contributed by atoms with Crippen LogP contribution in [0.2, 0.25) is 0 Å². The quantitative estimate of drug-likeness (QED) is 0.264. The third-order valence-corrected chi connectivity index (χ3v) is 6.31. The fourth-order valence-corrected chi connectivity index (χ4v) is 4.39. The summed E-state index contributed by atoms with van der Waals surface area (Å²) in [6.45, 7) is 6.35. The van der Waals surface area contributed by atoms with Crippen molar-refractivity contribution in [3.05, 3.63) is 95.6 Å². The summed E-state index contributed by atoms with van der Waals surface area (Å²) in [5, 5.41) is 8.71. The summed E-state index contributed by atoms with van der Waals surface area (Å²) in [5.41, 5.74) is 9.85. The lowest BCUT2D eigenvalue weighted by Gasteiger charge is -2.22. The number of rotatable bonds is 13. The van der Waals surface area contributed by atoms with E-state index >= 15 is 0 Å². The summed E-state index contributed by atoms with van der Waals surface area (Å²) in [4.78, 5) is 38.2. The lowest BCUT2D eigenvalue weighted by molar-refractivity contribution is -0.129. The number of amides is 3. The highest BCUT2D eigenvalue weighted by molar-refractivity contribution is 6.00. The molecule has 3 amide bonds. The van der Waals surface area contributed by atoms with Crippen molar-refractivity contribution in [1.29, 1.82) is 0 Å². The smallest absolute Gasteiger partial charge is 0.251 e. The van der Waals surface area contributed by atoms with Crippen LogP contribution in [-0.2, 0) is 22.6 Å². The molecule has 5 N–H and O–H groups in total. The number of carbonyl (C=O) groups excluding carboxylic acids is 3. The van der Waals surface area contributed by atoms with Crippen molar-refractivity contribution in [3.63, 3.8) is 0 Å². The number of hydrogen-bond acceptors (Lipinski definition) is 4. The van der Waals surface area contributed by atoms with Gasteiger partial charge in [0.25, 0.3) is 5.91 Å². The van der Waals surface area contributed by atoms with Gasteiger partial charge in [-0.2, -0.15) is 0 Å². The Morgan fingerprint density at radius 3 is 2.18 bits per heavy atom. The summed E-state index contributed by atoms with van der Waals surface area (Å²) in [6.07, 6.45) is 2.23. The SMILES string of the molecule is CCNC(=O)c1ccccc1-c1ccc(CNC(=O)[C@@H](CCCc2ccccc2)NC(=O)CC(C)(C)N)cc1. The molecule has 39 heavy (non-hydrogen) atoms. The summed E-state index contributed by atoms with van der Waals surface area (Å²) in [6, 6.07) is 24.7. The highest BCUT2D eigenvalue weighted by Crippen LogP contribution is 2.24. The molecule has 0 bridgehead atoms. The summed E-state index contributed by atoms with van der Waals surface area (Å²) in [5.74, 6) is -0.572. The zero-order chi connectivity index (χ0) is 28.3. The maximum Gasteiger partial charge on any atom is 0.251 e. The van der Waals surface area contributed by atoms with Crippen molar-refractivity contribution in [3.8, 4) is 11.1 Å². The average Bonchev–Trinajstić information content (AvgIpc) is 2.91. The van der Waals surface area contributed by atoms with E-state index < -0.39 is 11.6 Å². The fraction of sp³-hybridized carbons (Fsp3) is 0.344. The second-order valence-electron chi connectivity index (χ2n) is 10.5. The molecule has 7 nitrogen and oxygen atoms in total. The zero-order valence-electron chi connectivity index (χ0n) is 23.1. The van der Waals surface area contributed by atoms with Gasteiger partial charge in [-0.05, 0) is 68.4 Å². The van der Waals surface area contributed by atoms with Crippen molar-refractivity contribution in [2.45, 2.75) is 64.6 Å². The molecule has 0 unspecified atom stereocenters. The van der Waals surface area contributed by atoms with Gasteiger partial charge in [0.15, 0.2) is 0 Å². The third kappa shape index (κ3) is 9.69. The van der Waals surface area contributed by atoms with E-state index in [4.69, 9.17) is 5.73 Å².